The molecule has 7 heteroatoms. The van der Waals surface area contributed by atoms with Gasteiger partial charge in [0.05, 0.1) is 11.9 Å². The lowest BCUT2D eigenvalue weighted by molar-refractivity contribution is -0.144. The fraction of sp³-hybridized carbons (Fsp3) is 0.500. The number of aromatic amines is 1. The maximum atomic E-state index is 11.6. The van der Waals surface area contributed by atoms with Gasteiger partial charge in [-0.25, -0.2) is 9.59 Å². The number of nitrogens with one attached hydrogen (secondary N) is 3. The molecule has 0 spiro atoms. The summed E-state index contributed by atoms with van der Waals surface area (Å²) in [7, 11) is 0. The van der Waals surface area contributed by atoms with Gasteiger partial charge in [0.15, 0.2) is 0 Å². The van der Waals surface area contributed by atoms with Crippen LogP contribution in [-0.4, -0.2) is 32.8 Å². The van der Waals surface area contributed by atoms with E-state index in [2.05, 4.69) is 20.8 Å². The first kappa shape index (κ1) is 11.4. The van der Waals surface area contributed by atoms with E-state index in [4.69, 9.17) is 0 Å². The number of urea groups is 1. The first-order valence-corrected chi connectivity index (χ1v) is 5.44. The SMILES string of the molecule is O=C(Nc1cn[nH]c1)NC1(C(=O)O)CCCC1. The summed E-state index contributed by atoms with van der Waals surface area (Å²) in [5, 5.41) is 20.5. The van der Waals surface area contributed by atoms with Gasteiger partial charge in [0.25, 0.3) is 0 Å². The second-order valence-electron chi connectivity index (χ2n) is 4.16. The Bertz CT molecular complexity index is 409. The van der Waals surface area contributed by atoms with Crippen molar-refractivity contribution in [3.63, 3.8) is 0 Å². The van der Waals surface area contributed by atoms with Crippen molar-refractivity contribution in [3.05, 3.63) is 12.4 Å². The van der Waals surface area contributed by atoms with Gasteiger partial charge in [-0.05, 0) is 12.8 Å². The monoisotopic (exact) mass is 238 g/mol. The molecule has 1 saturated carbocycles. The van der Waals surface area contributed by atoms with Crippen molar-refractivity contribution in [3.8, 4) is 0 Å². The van der Waals surface area contributed by atoms with E-state index >= 15 is 0 Å². The van der Waals surface area contributed by atoms with Gasteiger partial charge in [-0.1, -0.05) is 12.8 Å². The first-order valence-electron chi connectivity index (χ1n) is 5.44. The largest absolute Gasteiger partial charge is 0.480 e. The molecule has 4 N–H and O–H groups in total. The van der Waals surface area contributed by atoms with Crippen LogP contribution in [0.2, 0.25) is 0 Å². The summed E-state index contributed by atoms with van der Waals surface area (Å²) in [4.78, 5) is 22.8. The first-order chi connectivity index (χ1) is 8.12. The topological polar surface area (TPSA) is 107 Å². The Morgan fingerprint density at radius 3 is 2.65 bits per heavy atom. The normalized spacial score (nSPS) is 17.6. The summed E-state index contributed by atoms with van der Waals surface area (Å²) in [5.74, 6) is -0.975. The van der Waals surface area contributed by atoms with Crippen LogP contribution in [0, 0.1) is 0 Å². The fourth-order valence-corrected chi connectivity index (χ4v) is 2.07. The number of carbonyl (C=O) groups excluding carboxylic acids is 1. The number of amides is 2. The van der Waals surface area contributed by atoms with Crippen LogP contribution in [0.15, 0.2) is 12.4 Å². The predicted molar refractivity (Wildman–Crippen MR) is 59.6 cm³/mol. The molecule has 0 unspecified atom stereocenters. The molecule has 17 heavy (non-hydrogen) atoms. The Labute approximate surface area is 97.6 Å². The number of aliphatic carboxylic acids is 1. The molecule has 1 fully saturated rings. The van der Waals surface area contributed by atoms with Crippen molar-refractivity contribution >= 4 is 17.7 Å². The summed E-state index contributed by atoms with van der Waals surface area (Å²) in [5.41, 5.74) is -0.616. The minimum Gasteiger partial charge on any atom is -0.480 e. The summed E-state index contributed by atoms with van der Waals surface area (Å²) in [6, 6.07) is -0.518. The molecule has 2 rings (SSSR count). The van der Waals surface area contributed by atoms with Crippen molar-refractivity contribution in [1.82, 2.24) is 15.5 Å². The molecule has 2 amide bonds. The number of hydrogen-bond donors (Lipinski definition) is 4. The van der Waals surface area contributed by atoms with E-state index in [1.54, 1.807) is 0 Å². The molecule has 1 aromatic rings. The molecule has 0 saturated heterocycles. The molecule has 0 bridgehead atoms. The van der Waals surface area contributed by atoms with Crippen molar-refractivity contribution in [1.29, 1.82) is 0 Å². The van der Waals surface area contributed by atoms with Crippen LogP contribution in [0.1, 0.15) is 25.7 Å². The van der Waals surface area contributed by atoms with Gasteiger partial charge in [0.1, 0.15) is 5.54 Å². The molecule has 0 atom stereocenters. The lowest BCUT2D eigenvalue weighted by Crippen LogP contribution is -2.53. The van der Waals surface area contributed by atoms with Gasteiger partial charge in [0.2, 0.25) is 0 Å². The number of aromatic nitrogens is 2. The Balaban J connectivity index is 1.99. The molecule has 1 aromatic heterocycles. The van der Waals surface area contributed by atoms with E-state index in [9.17, 15) is 14.7 Å². The summed E-state index contributed by atoms with van der Waals surface area (Å²) >= 11 is 0. The number of nitrogens with zero attached hydrogens (tertiary/aromatic N) is 1. The average Bonchev–Trinajstić information content (AvgIpc) is 2.89. The quantitative estimate of drug-likeness (QED) is 0.628. The Morgan fingerprint density at radius 1 is 1.41 bits per heavy atom. The number of H-pyrrole nitrogens is 1. The second kappa shape index (κ2) is 4.44. The minimum absolute atomic E-state index is 0.473. The minimum atomic E-state index is -1.12. The van der Waals surface area contributed by atoms with Crippen LogP contribution in [-0.2, 0) is 4.79 Å². The third-order valence-corrected chi connectivity index (χ3v) is 2.98. The van der Waals surface area contributed by atoms with E-state index in [1.807, 2.05) is 0 Å². The van der Waals surface area contributed by atoms with Gasteiger partial charge in [0, 0.05) is 6.20 Å². The standard InChI is InChI=1S/C10H14N4O3/c15-8(16)10(3-1-2-4-10)14-9(17)13-7-5-11-12-6-7/h5-6H,1-4H2,(H,11,12)(H,15,16)(H2,13,14,17). The zero-order valence-electron chi connectivity index (χ0n) is 9.19. The third-order valence-electron chi connectivity index (χ3n) is 2.98. The van der Waals surface area contributed by atoms with Crippen LogP contribution in [0.5, 0.6) is 0 Å². The van der Waals surface area contributed by atoms with E-state index in [-0.39, 0.29) is 0 Å². The van der Waals surface area contributed by atoms with Crippen LogP contribution in [0.4, 0.5) is 10.5 Å². The van der Waals surface area contributed by atoms with Gasteiger partial charge in [-0.3, -0.25) is 5.10 Å². The lowest BCUT2D eigenvalue weighted by Gasteiger charge is -2.25. The van der Waals surface area contributed by atoms with Crippen LogP contribution in [0.25, 0.3) is 0 Å². The molecule has 92 valence electrons. The maximum absolute atomic E-state index is 11.6. The highest BCUT2D eigenvalue weighted by molar-refractivity contribution is 5.93. The second-order valence-corrected chi connectivity index (χ2v) is 4.16. The molecule has 0 aromatic carbocycles. The zero-order chi connectivity index (χ0) is 12.3. The Hall–Kier alpha value is -2.05. The van der Waals surface area contributed by atoms with Gasteiger partial charge in [-0.15, -0.1) is 0 Å². The van der Waals surface area contributed by atoms with E-state index in [1.165, 1.54) is 12.4 Å². The fourth-order valence-electron chi connectivity index (χ4n) is 2.07. The molecule has 1 aliphatic carbocycles. The number of hydrogen-bond acceptors (Lipinski definition) is 3. The van der Waals surface area contributed by atoms with Crippen molar-refractivity contribution in [2.24, 2.45) is 0 Å². The van der Waals surface area contributed by atoms with Crippen molar-refractivity contribution < 1.29 is 14.7 Å². The van der Waals surface area contributed by atoms with Crippen LogP contribution < -0.4 is 10.6 Å². The smallest absolute Gasteiger partial charge is 0.329 e. The van der Waals surface area contributed by atoms with E-state index < -0.39 is 17.5 Å². The number of rotatable bonds is 3. The lowest BCUT2D eigenvalue weighted by atomic mass is 9.98. The molecule has 0 radical (unpaired) electrons. The highest BCUT2D eigenvalue weighted by Gasteiger charge is 2.42. The maximum Gasteiger partial charge on any atom is 0.329 e. The number of carboxylic acids is 1. The van der Waals surface area contributed by atoms with Gasteiger partial charge < -0.3 is 15.7 Å². The summed E-state index contributed by atoms with van der Waals surface area (Å²) in [6.07, 6.45) is 5.54. The van der Waals surface area contributed by atoms with Crippen LogP contribution >= 0.6 is 0 Å². The Morgan fingerprint density at radius 2 is 2.12 bits per heavy atom. The summed E-state index contributed by atoms with van der Waals surface area (Å²) < 4.78 is 0. The molecule has 1 heterocycles. The number of carbonyl (C=O) groups is 2. The zero-order valence-corrected chi connectivity index (χ0v) is 9.19. The molecule has 7 nitrogen and oxygen atoms in total. The molecule has 1 aliphatic rings. The van der Waals surface area contributed by atoms with E-state index in [0.717, 1.165) is 12.8 Å². The highest BCUT2D eigenvalue weighted by Crippen LogP contribution is 2.29. The van der Waals surface area contributed by atoms with Gasteiger partial charge in [-0.2, -0.15) is 5.10 Å². The van der Waals surface area contributed by atoms with Gasteiger partial charge >= 0.3 is 12.0 Å². The molecular weight excluding hydrogens is 224 g/mol. The Kier molecular flexibility index (Phi) is 2.99. The molecule has 0 aliphatic heterocycles. The van der Waals surface area contributed by atoms with E-state index in [0.29, 0.717) is 18.5 Å². The average molecular weight is 238 g/mol. The number of carboxylic acid groups (broad SMARTS) is 1. The molecular formula is C10H14N4O3. The van der Waals surface area contributed by atoms with Crippen molar-refractivity contribution in [2.75, 3.05) is 5.32 Å². The third kappa shape index (κ3) is 2.38. The number of anilines is 1. The predicted octanol–water partition coefficient (Wildman–Crippen LogP) is 0.929. The van der Waals surface area contributed by atoms with Crippen molar-refractivity contribution in [2.45, 2.75) is 31.2 Å². The summed E-state index contributed by atoms with van der Waals surface area (Å²) in [6.45, 7) is 0. The van der Waals surface area contributed by atoms with Crippen LogP contribution in [0.3, 0.4) is 0 Å². The highest BCUT2D eigenvalue weighted by atomic mass is 16.4.